The first kappa shape index (κ1) is 29.3. The van der Waals surface area contributed by atoms with Crippen molar-refractivity contribution in [1.29, 1.82) is 0 Å². The van der Waals surface area contributed by atoms with E-state index in [4.69, 9.17) is 11.5 Å². The largest absolute Gasteiger partial charge is 0.480 e. The number of rotatable bonds is 14. The molecule has 0 radical (unpaired) electrons. The van der Waals surface area contributed by atoms with Crippen molar-refractivity contribution in [2.45, 2.75) is 57.3 Å². The number of aliphatic carboxylic acids is 1. The van der Waals surface area contributed by atoms with Crippen LogP contribution in [-0.4, -0.2) is 75.6 Å². The smallest absolute Gasteiger partial charge is 0.326 e. The number of primary amides is 1. The summed E-state index contributed by atoms with van der Waals surface area (Å²) in [7, 11) is 0. The second-order valence-corrected chi connectivity index (χ2v) is 9.17. The number of nitrogens with two attached hydrogens (primary N) is 2. The Kier molecular flexibility index (Phi) is 10.6. The minimum atomic E-state index is -1.48. The molecule has 0 bridgehead atoms. The number of amides is 4. The van der Waals surface area contributed by atoms with Gasteiger partial charge in [-0.15, -0.1) is 0 Å². The van der Waals surface area contributed by atoms with Gasteiger partial charge in [-0.25, -0.2) is 4.79 Å². The molecule has 1 aromatic carbocycles. The van der Waals surface area contributed by atoms with Crippen molar-refractivity contribution in [2.24, 2.45) is 17.4 Å². The molecule has 1 aromatic heterocycles. The predicted molar refractivity (Wildman–Crippen MR) is 134 cm³/mol. The minimum absolute atomic E-state index is 0.0181. The molecule has 0 saturated heterocycles. The second kappa shape index (κ2) is 13.4. The molecule has 37 heavy (non-hydrogen) atoms. The highest BCUT2D eigenvalue weighted by molar-refractivity contribution is 5.95. The SMILES string of the molecule is CC(C)CC(NC(=O)C(CO)NC(=O)C(Cc1c[nH]c2ccccc12)NC(=O)C(N)CC(N)=O)C(=O)O. The number of aliphatic hydroxyl groups is 1. The first-order chi connectivity index (χ1) is 17.4. The summed E-state index contributed by atoms with van der Waals surface area (Å²) in [6, 6.07) is 2.02. The van der Waals surface area contributed by atoms with Gasteiger partial charge in [0.2, 0.25) is 23.6 Å². The summed E-state index contributed by atoms with van der Waals surface area (Å²) >= 11 is 0. The maximum Gasteiger partial charge on any atom is 0.326 e. The lowest BCUT2D eigenvalue weighted by molar-refractivity contribution is -0.143. The molecule has 0 aliphatic carbocycles. The fourth-order valence-electron chi connectivity index (χ4n) is 3.75. The zero-order valence-corrected chi connectivity index (χ0v) is 20.7. The number of hydrogen-bond donors (Lipinski definition) is 8. The number of aromatic amines is 1. The van der Waals surface area contributed by atoms with Crippen molar-refractivity contribution in [3.05, 3.63) is 36.0 Å². The summed E-state index contributed by atoms with van der Waals surface area (Å²) in [6.07, 6.45) is 1.35. The lowest BCUT2D eigenvalue weighted by Gasteiger charge is -2.24. The van der Waals surface area contributed by atoms with Crippen molar-refractivity contribution in [1.82, 2.24) is 20.9 Å². The highest BCUT2D eigenvalue weighted by Crippen LogP contribution is 2.19. The molecule has 0 aliphatic rings. The number of benzene rings is 1. The Bertz CT molecular complexity index is 1130. The number of aliphatic hydroxyl groups excluding tert-OH is 1. The van der Waals surface area contributed by atoms with Gasteiger partial charge >= 0.3 is 5.97 Å². The molecule has 2 aromatic rings. The van der Waals surface area contributed by atoms with E-state index in [2.05, 4.69) is 20.9 Å². The van der Waals surface area contributed by atoms with Crippen LogP contribution in [0.5, 0.6) is 0 Å². The van der Waals surface area contributed by atoms with E-state index in [9.17, 15) is 34.2 Å². The molecule has 4 unspecified atom stereocenters. The molecular weight excluding hydrogens is 484 g/mol. The van der Waals surface area contributed by atoms with Crippen LogP contribution in [0.4, 0.5) is 0 Å². The summed E-state index contributed by atoms with van der Waals surface area (Å²) in [5, 5.41) is 27.1. The highest BCUT2D eigenvalue weighted by Gasteiger charge is 2.31. The fourth-order valence-corrected chi connectivity index (χ4v) is 3.75. The first-order valence-electron chi connectivity index (χ1n) is 11.8. The van der Waals surface area contributed by atoms with Crippen molar-refractivity contribution in [3.8, 4) is 0 Å². The molecule has 2 rings (SSSR count). The van der Waals surface area contributed by atoms with Crippen LogP contribution >= 0.6 is 0 Å². The van der Waals surface area contributed by atoms with Crippen LogP contribution in [0.2, 0.25) is 0 Å². The normalized spacial score (nSPS) is 14.4. The standard InChI is InChI=1S/C24H34N6O7/c1-12(2)7-18(24(36)37)29-23(35)19(11-31)30-22(34)17(28-21(33)15(25)9-20(26)32)8-13-10-27-16-6-4-3-5-14(13)16/h3-6,10,12,15,17-19,27,31H,7-9,11,25H2,1-2H3,(H2,26,32)(H,28,33)(H,29,35)(H,30,34)(H,36,37). The Hall–Kier alpha value is -3.97. The Morgan fingerprint density at radius 2 is 1.54 bits per heavy atom. The van der Waals surface area contributed by atoms with Crippen molar-refractivity contribution in [2.75, 3.05) is 6.61 Å². The molecule has 0 aliphatic heterocycles. The maximum absolute atomic E-state index is 13.2. The van der Waals surface area contributed by atoms with Crippen LogP contribution in [-0.2, 0) is 30.4 Å². The van der Waals surface area contributed by atoms with E-state index >= 15 is 0 Å². The molecule has 13 nitrogen and oxygen atoms in total. The van der Waals surface area contributed by atoms with Crippen LogP contribution in [0.1, 0.15) is 32.3 Å². The number of carbonyl (C=O) groups is 5. The average Bonchev–Trinajstić information content (AvgIpc) is 3.23. The third kappa shape index (κ3) is 8.58. The number of carboxylic acids is 1. The Balaban J connectivity index is 2.23. The molecule has 4 amide bonds. The van der Waals surface area contributed by atoms with Crippen molar-refractivity contribution in [3.63, 3.8) is 0 Å². The molecule has 0 saturated carbocycles. The molecule has 1 heterocycles. The van der Waals surface area contributed by atoms with E-state index in [0.717, 1.165) is 10.9 Å². The zero-order valence-electron chi connectivity index (χ0n) is 20.7. The lowest BCUT2D eigenvalue weighted by atomic mass is 10.0. The number of hydrogen-bond acceptors (Lipinski definition) is 7. The Labute approximate surface area is 213 Å². The van der Waals surface area contributed by atoms with Gasteiger partial charge in [0.25, 0.3) is 0 Å². The summed E-state index contributed by atoms with van der Waals surface area (Å²) in [6.45, 7) is 2.75. The lowest BCUT2D eigenvalue weighted by Crippen LogP contribution is -2.58. The van der Waals surface area contributed by atoms with Crippen molar-refractivity contribution >= 4 is 40.5 Å². The van der Waals surface area contributed by atoms with Gasteiger partial charge in [0.05, 0.1) is 19.1 Å². The summed E-state index contributed by atoms with van der Waals surface area (Å²) in [5.74, 6) is -4.62. The van der Waals surface area contributed by atoms with Gasteiger partial charge in [-0.1, -0.05) is 32.0 Å². The fraction of sp³-hybridized carbons (Fsp3) is 0.458. The Morgan fingerprint density at radius 1 is 0.946 bits per heavy atom. The van der Waals surface area contributed by atoms with E-state index in [1.54, 1.807) is 26.1 Å². The second-order valence-electron chi connectivity index (χ2n) is 9.17. The van der Waals surface area contributed by atoms with Gasteiger partial charge in [-0.3, -0.25) is 19.2 Å². The molecule has 13 heteroatoms. The van der Waals surface area contributed by atoms with Gasteiger partial charge in [0.1, 0.15) is 18.1 Å². The van der Waals surface area contributed by atoms with E-state index in [1.165, 1.54) is 0 Å². The van der Waals surface area contributed by atoms with E-state index < -0.39 is 66.8 Å². The number of H-pyrrole nitrogens is 1. The quantitative estimate of drug-likeness (QED) is 0.146. The monoisotopic (exact) mass is 518 g/mol. The molecular formula is C24H34N6O7. The number of fused-ring (bicyclic) bond motifs is 1. The van der Waals surface area contributed by atoms with Gasteiger partial charge < -0.3 is 42.6 Å². The predicted octanol–water partition coefficient (Wildman–Crippen LogP) is -1.51. The van der Waals surface area contributed by atoms with Crippen molar-refractivity contribution < 1.29 is 34.2 Å². The average molecular weight is 519 g/mol. The molecule has 202 valence electrons. The van der Waals surface area contributed by atoms with E-state index in [0.29, 0.717) is 5.56 Å². The van der Waals surface area contributed by atoms with E-state index in [-0.39, 0.29) is 18.8 Å². The van der Waals surface area contributed by atoms with Crippen LogP contribution < -0.4 is 27.4 Å². The summed E-state index contributed by atoms with van der Waals surface area (Å²) in [5.41, 5.74) is 12.3. The number of carboxylic acid groups (broad SMARTS) is 1. The number of carbonyl (C=O) groups excluding carboxylic acids is 4. The summed E-state index contributed by atoms with van der Waals surface area (Å²) in [4.78, 5) is 64.1. The Morgan fingerprint density at radius 3 is 2.14 bits per heavy atom. The molecule has 4 atom stereocenters. The number of nitrogens with one attached hydrogen (secondary N) is 4. The molecule has 0 fully saturated rings. The zero-order chi connectivity index (χ0) is 27.7. The van der Waals surface area contributed by atoms with Crippen LogP contribution in [0.15, 0.2) is 30.5 Å². The van der Waals surface area contributed by atoms with Gasteiger partial charge in [-0.2, -0.15) is 0 Å². The number of para-hydroxylation sites is 1. The maximum atomic E-state index is 13.2. The first-order valence-corrected chi connectivity index (χ1v) is 11.8. The molecule has 10 N–H and O–H groups in total. The third-order valence-electron chi connectivity index (χ3n) is 5.63. The molecule has 0 spiro atoms. The minimum Gasteiger partial charge on any atom is -0.480 e. The third-order valence-corrected chi connectivity index (χ3v) is 5.63. The van der Waals surface area contributed by atoms with Gasteiger partial charge in [-0.05, 0) is 24.0 Å². The highest BCUT2D eigenvalue weighted by atomic mass is 16.4. The van der Waals surface area contributed by atoms with E-state index in [1.807, 2.05) is 18.2 Å². The van der Waals surface area contributed by atoms with Gasteiger partial charge in [0.15, 0.2) is 0 Å². The van der Waals surface area contributed by atoms with Crippen LogP contribution in [0, 0.1) is 5.92 Å². The summed E-state index contributed by atoms with van der Waals surface area (Å²) < 4.78 is 0. The number of aromatic nitrogens is 1. The topological polar surface area (TPSA) is 230 Å². The van der Waals surface area contributed by atoms with Crippen LogP contribution in [0.25, 0.3) is 10.9 Å². The van der Waals surface area contributed by atoms with Crippen LogP contribution in [0.3, 0.4) is 0 Å². The van der Waals surface area contributed by atoms with Gasteiger partial charge in [0, 0.05) is 23.5 Å².